The van der Waals surface area contributed by atoms with Gasteiger partial charge in [0.1, 0.15) is 17.2 Å². The zero-order valence-corrected chi connectivity index (χ0v) is 16.1. The maximum absolute atomic E-state index is 13.3. The number of furan rings is 1. The van der Waals surface area contributed by atoms with Gasteiger partial charge in [-0.3, -0.25) is 14.5 Å². The first-order chi connectivity index (χ1) is 14.1. The van der Waals surface area contributed by atoms with Crippen molar-refractivity contribution in [2.45, 2.75) is 13.5 Å². The molecule has 0 bridgehead atoms. The Kier molecular flexibility index (Phi) is 4.91. The molecule has 2 amide bonds. The van der Waals surface area contributed by atoms with E-state index in [9.17, 15) is 9.59 Å². The second-order valence-corrected chi connectivity index (χ2v) is 6.72. The number of hydrogen-bond acceptors (Lipinski definition) is 5. The van der Waals surface area contributed by atoms with Crippen molar-refractivity contribution in [3.63, 3.8) is 0 Å². The molecule has 1 N–H and O–H groups in total. The Hall–Kier alpha value is -3.80. The van der Waals surface area contributed by atoms with E-state index in [-0.39, 0.29) is 17.8 Å². The normalized spacial score (nSPS) is 13.9. The van der Waals surface area contributed by atoms with E-state index >= 15 is 0 Å². The van der Waals surface area contributed by atoms with E-state index in [2.05, 4.69) is 5.32 Å². The number of methoxy groups -OCH3 is 1. The summed E-state index contributed by atoms with van der Waals surface area (Å²) in [4.78, 5) is 27.7. The van der Waals surface area contributed by atoms with E-state index in [0.717, 1.165) is 11.3 Å². The van der Waals surface area contributed by atoms with Crippen molar-refractivity contribution in [3.8, 4) is 5.75 Å². The topological polar surface area (TPSA) is 71.8 Å². The number of rotatable bonds is 6. The van der Waals surface area contributed by atoms with Crippen LogP contribution in [0.15, 0.2) is 77.0 Å². The van der Waals surface area contributed by atoms with Crippen LogP contribution in [0, 0.1) is 6.92 Å². The van der Waals surface area contributed by atoms with Gasteiger partial charge in [-0.05, 0) is 37.3 Å². The van der Waals surface area contributed by atoms with Crippen molar-refractivity contribution in [1.82, 2.24) is 4.90 Å². The van der Waals surface area contributed by atoms with Crippen LogP contribution >= 0.6 is 0 Å². The summed E-state index contributed by atoms with van der Waals surface area (Å²) in [5.74, 6) is 0.243. The zero-order chi connectivity index (χ0) is 20.4. The summed E-state index contributed by atoms with van der Waals surface area (Å²) in [5, 5.41) is 3.14. The monoisotopic (exact) mass is 388 g/mol. The number of benzene rings is 2. The maximum atomic E-state index is 13.3. The van der Waals surface area contributed by atoms with E-state index in [1.54, 1.807) is 30.3 Å². The lowest BCUT2D eigenvalue weighted by atomic mass is 10.0. The fourth-order valence-electron chi connectivity index (χ4n) is 3.28. The average molecular weight is 388 g/mol. The molecule has 1 aliphatic rings. The molecule has 6 heteroatoms. The van der Waals surface area contributed by atoms with Crippen LogP contribution in [0.1, 0.15) is 16.9 Å². The second-order valence-electron chi connectivity index (χ2n) is 6.72. The average Bonchev–Trinajstić information content (AvgIpc) is 3.33. The molecule has 3 aromatic rings. The number of imide groups is 1. The standard InChI is InChI=1S/C23H20N2O4/c1-15-9-11-16(12-10-15)24-21-20(18-7-3-4-8-19(18)28-2)22(26)25(23(21)27)14-17-6-5-13-29-17/h3-13,24H,14H2,1-2H3. The third-order valence-electron chi connectivity index (χ3n) is 4.76. The van der Waals surface area contributed by atoms with Crippen molar-refractivity contribution in [2.24, 2.45) is 0 Å². The maximum Gasteiger partial charge on any atom is 0.278 e. The number of nitrogens with zero attached hydrogens (tertiary/aromatic N) is 1. The molecule has 0 saturated heterocycles. The van der Waals surface area contributed by atoms with Crippen molar-refractivity contribution in [1.29, 1.82) is 0 Å². The summed E-state index contributed by atoms with van der Waals surface area (Å²) in [5.41, 5.74) is 2.88. The fraction of sp³-hybridized carbons (Fsp3) is 0.130. The molecule has 1 aliphatic heterocycles. The summed E-state index contributed by atoms with van der Waals surface area (Å²) in [7, 11) is 1.54. The first-order valence-electron chi connectivity index (χ1n) is 9.18. The predicted octanol–water partition coefficient (Wildman–Crippen LogP) is 3.99. The minimum absolute atomic E-state index is 0.0579. The van der Waals surface area contributed by atoms with E-state index in [1.807, 2.05) is 37.3 Å². The van der Waals surface area contributed by atoms with Crippen LogP contribution in [0.5, 0.6) is 5.75 Å². The molecule has 0 saturated carbocycles. The molecule has 1 aromatic heterocycles. The number of carbonyl (C=O) groups excluding carboxylic acids is 2. The van der Waals surface area contributed by atoms with Gasteiger partial charge < -0.3 is 14.5 Å². The van der Waals surface area contributed by atoms with Crippen LogP contribution < -0.4 is 10.1 Å². The summed E-state index contributed by atoms with van der Waals surface area (Å²) >= 11 is 0. The molecule has 0 radical (unpaired) electrons. The van der Waals surface area contributed by atoms with E-state index < -0.39 is 11.8 Å². The van der Waals surface area contributed by atoms with Gasteiger partial charge in [-0.2, -0.15) is 0 Å². The molecule has 0 fully saturated rings. The van der Waals surface area contributed by atoms with Gasteiger partial charge in [-0.15, -0.1) is 0 Å². The van der Waals surface area contributed by atoms with Crippen LogP contribution in [0.4, 0.5) is 5.69 Å². The summed E-state index contributed by atoms with van der Waals surface area (Å²) < 4.78 is 10.8. The van der Waals surface area contributed by atoms with Crippen molar-refractivity contribution >= 4 is 23.1 Å². The molecular weight excluding hydrogens is 368 g/mol. The van der Waals surface area contributed by atoms with Crippen LogP contribution in [0.2, 0.25) is 0 Å². The molecule has 146 valence electrons. The molecule has 0 aliphatic carbocycles. The highest BCUT2D eigenvalue weighted by Gasteiger charge is 2.40. The molecule has 4 rings (SSSR count). The summed E-state index contributed by atoms with van der Waals surface area (Å²) in [6.45, 7) is 2.04. The first-order valence-corrected chi connectivity index (χ1v) is 9.18. The highest BCUT2D eigenvalue weighted by atomic mass is 16.5. The van der Waals surface area contributed by atoms with E-state index in [4.69, 9.17) is 9.15 Å². The number of para-hydroxylation sites is 1. The lowest BCUT2D eigenvalue weighted by Gasteiger charge is -2.14. The SMILES string of the molecule is COc1ccccc1C1=C(Nc2ccc(C)cc2)C(=O)N(Cc2ccco2)C1=O. The number of amides is 2. The Morgan fingerprint density at radius 3 is 2.41 bits per heavy atom. The Morgan fingerprint density at radius 1 is 0.966 bits per heavy atom. The van der Waals surface area contributed by atoms with Crippen molar-refractivity contribution in [2.75, 3.05) is 12.4 Å². The lowest BCUT2D eigenvalue weighted by molar-refractivity contribution is -0.137. The molecule has 0 unspecified atom stereocenters. The fourth-order valence-corrected chi connectivity index (χ4v) is 3.28. The third kappa shape index (κ3) is 3.52. The quantitative estimate of drug-likeness (QED) is 0.647. The Bertz CT molecular complexity index is 1080. The van der Waals surface area contributed by atoms with Gasteiger partial charge in [0.2, 0.25) is 0 Å². The van der Waals surface area contributed by atoms with Gasteiger partial charge in [0.15, 0.2) is 0 Å². The van der Waals surface area contributed by atoms with Gasteiger partial charge in [-0.25, -0.2) is 0 Å². The van der Waals surface area contributed by atoms with Gasteiger partial charge in [0.05, 0.1) is 25.5 Å². The van der Waals surface area contributed by atoms with E-state index in [0.29, 0.717) is 17.1 Å². The van der Waals surface area contributed by atoms with Gasteiger partial charge in [0, 0.05) is 11.3 Å². The predicted molar refractivity (Wildman–Crippen MR) is 109 cm³/mol. The van der Waals surface area contributed by atoms with Crippen LogP contribution in [0.3, 0.4) is 0 Å². The number of ether oxygens (including phenoxy) is 1. The number of aryl methyl sites for hydroxylation is 1. The van der Waals surface area contributed by atoms with Crippen molar-refractivity contribution in [3.05, 3.63) is 89.5 Å². The number of anilines is 1. The van der Waals surface area contributed by atoms with Gasteiger partial charge in [0.25, 0.3) is 11.8 Å². The first kappa shape index (κ1) is 18.6. The van der Waals surface area contributed by atoms with Crippen LogP contribution in [0.25, 0.3) is 5.57 Å². The van der Waals surface area contributed by atoms with Gasteiger partial charge in [-0.1, -0.05) is 35.9 Å². The van der Waals surface area contributed by atoms with E-state index in [1.165, 1.54) is 18.3 Å². The molecule has 2 aromatic carbocycles. The summed E-state index contributed by atoms with van der Waals surface area (Å²) in [6, 6.07) is 18.2. The molecule has 0 atom stereocenters. The number of carbonyl (C=O) groups is 2. The highest BCUT2D eigenvalue weighted by Crippen LogP contribution is 2.35. The minimum Gasteiger partial charge on any atom is -0.496 e. The smallest absolute Gasteiger partial charge is 0.278 e. The molecule has 0 spiro atoms. The Labute approximate surface area is 168 Å². The second kappa shape index (κ2) is 7.67. The molecule has 6 nitrogen and oxygen atoms in total. The number of nitrogens with one attached hydrogen (secondary N) is 1. The van der Waals surface area contributed by atoms with Crippen molar-refractivity contribution < 1.29 is 18.7 Å². The van der Waals surface area contributed by atoms with Gasteiger partial charge >= 0.3 is 0 Å². The molecule has 2 heterocycles. The molecular formula is C23H20N2O4. The van der Waals surface area contributed by atoms with Crippen LogP contribution in [-0.4, -0.2) is 23.8 Å². The number of hydrogen-bond donors (Lipinski definition) is 1. The molecule has 29 heavy (non-hydrogen) atoms. The minimum atomic E-state index is -0.409. The highest BCUT2D eigenvalue weighted by molar-refractivity contribution is 6.36. The Balaban J connectivity index is 1.79. The third-order valence-corrected chi connectivity index (χ3v) is 4.76. The lowest BCUT2D eigenvalue weighted by Crippen LogP contribution is -2.31. The summed E-state index contributed by atoms with van der Waals surface area (Å²) in [6.07, 6.45) is 1.51. The Morgan fingerprint density at radius 2 is 1.72 bits per heavy atom. The van der Waals surface area contributed by atoms with Crippen LogP contribution in [-0.2, 0) is 16.1 Å². The largest absolute Gasteiger partial charge is 0.496 e. The zero-order valence-electron chi connectivity index (χ0n) is 16.1.